The Morgan fingerprint density at radius 1 is 0.614 bits per heavy atom. The van der Waals surface area contributed by atoms with Crippen LogP contribution in [0.25, 0.3) is 0 Å². The quantitative estimate of drug-likeness (QED) is 0.0981. The van der Waals surface area contributed by atoms with Gasteiger partial charge in [0.25, 0.3) is 17.7 Å². The Labute approximate surface area is 264 Å². The van der Waals surface area contributed by atoms with E-state index in [1.165, 1.54) is 94.8 Å². The van der Waals surface area contributed by atoms with Gasteiger partial charge in [-0.3, -0.25) is 24.1 Å². The Balaban J connectivity index is 1.22. The van der Waals surface area contributed by atoms with Crippen molar-refractivity contribution in [1.29, 1.82) is 0 Å². The number of hydrogen-bond donors (Lipinski definition) is 2. The van der Waals surface area contributed by atoms with Crippen LogP contribution in [0, 0.1) is 0 Å². The molecule has 0 atom stereocenters. The summed E-state index contributed by atoms with van der Waals surface area (Å²) in [6, 6.07) is 13.7. The molecule has 0 saturated heterocycles. The summed E-state index contributed by atoms with van der Waals surface area (Å²) in [6.45, 7) is 3.05. The van der Waals surface area contributed by atoms with Crippen LogP contribution in [-0.2, 0) is 4.79 Å². The summed E-state index contributed by atoms with van der Waals surface area (Å²) in [6.07, 6.45) is 21.5. The van der Waals surface area contributed by atoms with Crippen LogP contribution in [0.4, 0.5) is 5.69 Å². The fourth-order valence-electron chi connectivity index (χ4n) is 5.81. The van der Waals surface area contributed by atoms with Gasteiger partial charge in [0.05, 0.1) is 22.4 Å². The number of nitrogens with one attached hydrogen (secondary N) is 2. The van der Waals surface area contributed by atoms with Gasteiger partial charge in [-0.05, 0) is 37.1 Å². The molecule has 0 bridgehead atoms. The number of fused-ring (bicyclic) bond motifs is 1. The number of amides is 4. The number of benzene rings is 2. The van der Waals surface area contributed by atoms with E-state index >= 15 is 0 Å². The lowest BCUT2D eigenvalue weighted by atomic mass is 10.0. The van der Waals surface area contributed by atoms with Crippen molar-refractivity contribution in [2.75, 3.05) is 18.4 Å². The third-order valence-electron chi connectivity index (χ3n) is 8.43. The molecule has 0 radical (unpaired) electrons. The van der Waals surface area contributed by atoms with E-state index in [1.54, 1.807) is 48.5 Å². The Morgan fingerprint density at radius 2 is 1.09 bits per heavy atom. The molecule has 0 fully saturated rings. The molecule has 240 valence electrons. The van der Waals surface area contributed by atoms with Gasteiger partial charge < -0.3 is 10.6 Å². The number of nitrogens with zero attached hydrogens (tertiary/aromatic N) is 1. The molecular formula is C37H53N3O4. The second kappa shape index (κ2) is 20.5. The zero-order chi connectivity index (χ0) is 31.4. The molecule has 1 aliphatic rings. The van der Waals surface area contributed by atoms with Crippen molar-refractivity contribution in [1.82, 2.24) is 10.2 Å². The van der Waals surface area contributed by atoms with E-state index in [0.29, 0.717) is 35.3 Å². The number of imide groups is 1. The van der Waals surface area contributed by atoms with E-state index in [4.69, 9.17) is 0 Å². The van der Waals surface area contributed by atoms with Crippen LogP contribution < -0.4 is 10.6 Å². The fraction of sp³-hybridized carbons (Fsp3) is 0.568. The van der Waals surface area contributed by atoms with Crippen molar-refractivity contribution in [3.05, 3.63) is 65.2 Å². The Kier molecular flexibility index (Phi) is 16.3. The SMILES string of the molecule is CCCCCCCCCCCCCCCCCCNC(=O)c1ccccc1NC(=O)CCCN1C(=O)c2ccccc2C1=O. The predicted octanol–water partition coefficient (Wildman–Crippen LogP) is 8.69. The minimum absolute atomic E-state index is 0.128. The van der Waals surface area contributed by atoms with Gasteiger partial charge in [0.2, 0.25) is 5.91 Å². The summed E-state index contributed by atoms with van der Waals surface area (Å²) >= 11 is 0. The van der Waals surface area contributed by atoms with Crippen molar-refractivity contribution in [3.8, 4) is 0 Å². The number of carbonyl (C=O) groups excluding carboxylic acids is 4. The largest absolute Gasteiger partial charge is 0.352 e. The lowest BCUT2D eigenvalue weighted by molar-refractivity contribution is -0.116. The topological polar surface area (TPSA) is 95.6 Å². The Bertz CT molecular complexity index is 1160. The van der Waals surface area contributed by atoms with Gasteiger partial charge in [0, 0.05) is 19.5 Å². The molecule has 0 spiro atoms. The van der Waals surface area contributed by atoms with Crippen molar-refractivity contribution in [3.63, 3.8) is 0 Å². The summed E-state index contributed by atoms with van der Waals surface area (Å²) in [5, 5.41) is 5.82. The first-order valence-corrected chi connectivity index (χ1v) is 17.1. The number of anilines is 1. The molecule has 1 aliphatic heterocycles. The summed E-state index contributed by atoms with van der Waals surface area (Å²) in [5.41, 5.74) is 1.70. The Morgan fingerprint density at radius 3 is 1.64 bits per heavy atom. The monoisotopic (exact) mass is 603 g/mol. The Hall–Kier alpha value is -3.48. The zero-order valence-electron chi connectivity index (χ0n) is 26.8. The minimum atomic E-state index is -0.322. The highest BCUT2D eigenvalue weighted by Crippen LogP contribution is 2.23. The zero-order valence-corrected chi connectivity index (χ0v) is 26.8. The smallest absolute Gasteiger partial charge is 0.261 e. The first-order valence-electron chi connectivity index (χ1n) is 17.1. The van der Waals surface area contributed by atoms with E-state index in [-0.39, 0.29) is 36.6 Å². The highest BCUT2D eigenvalue weighted by Gasteiger charge is 2.34. The standard InChI is InChI=1S/C37H53N3O4/c1-2-3-4-5-6-7-8-9-10-11-12-13-14-15-16-21-28-38-35(42)32-25-19-20-26-33(32)39-34(41)27-22-29-40-36(43)30-23-17-18-24-31(30)37(40)44/h17-20,23-26H,2-16,21-22,27-29H2,1H3,(H,38,42)(H,39,41). The molecule has 7 heteroatoms. The second-order valence-corrected chi connectivity index (χ2v) is 12.1. The van der Waals surface area contributed by atoms with Crippen molar-refractivity contribution in [2.45, 2.75) is 122 Å². The van der Waals surface area contributed by atoms with E-state index < -0.39 is 0 Å². The van der Waals surface area contributed by atoms with E-state index in [9.17, 15) is 19.2 Å². The van der Waals surface area contributed by atoms with Gasteiger partial charge >= 0.3 is 0 Å². The lowest BCUT2D eigenvalue weighted by Gasteiger charge is -2.14. The van der Waals surface area contributed by atoms with Crippen LogP contribution in [0.15, 0.2) is 48.5 Å². The third-order valence-corrected chi connectivity index (χ3v) is 8.43. The molecule has 0 aliphatic carbocycles. The maximum Gasteiger partial charge on any atom is 0.261 e. The highest BCUT2D eigenvalue weighted by atomic mass is 16.2. The molecule has 4 amide bonds. The number of hydrogen-bond acceptors (Lipinski definition) is 4. The maximum absolute atomic E-state index is 12.8. The van der Waals surface area contributed by atoms with Gasteiger partial charge in [-0.15, -0.1) is 0 Å². The van der Waals surface area contributed by atoms with E-state index in [1.807, 2.05) is 0 Å². The van der Waals surface area contributed by atoms with Crippen LogP contribution in [0.2, 0.25) is 0 Å². The average Bonchev–Trinajstić information content (AvgIpc) is 3.27. The van der Waals surface area contributed by atoms with E-state index in [0.717, 1.165) is 12.8 Å². The van der Waals surface area contributed by atoms with Crippen molar-refractivity contribution in [2.24, 2.45) is 0 Å². The average molecular weight is 604 g/mol. The van der Waals surface area contributed by atoms with Crippen LogP contribution in [0.1, 0.15) is 154 Å². The van der Waals surface area contributed by atoms with Crippen LogP contribution in [0.3, 0.4) is 0 Å². The van der Waals surface area contributed by atoms with Gasteiger partial charge in [-0.1, -0.05) is 128 Å². The molecule has 1 heterocycles. The molecule has 3 rings (SSSR count). The van der Waals surface area contributed by atoms with Gasteiger partial charge in [0.15, 0.2) is 0 Å². The van der Waals surface area contributed by atoms with Gasteiger partial charge in [0.1, 0.15) is 0 Å². The molecule has 0 aromatic heterocycles. The molecule has 0 unspecified atom stereocenters. The third kappa shape index (κ3) is 11.9. The van der Waals surface area contributed by atoms with E-state index in [2.05, 4.69) is 17.6 Å². The van der Waals surface area contributed by atoms with Crippen LogP contribution >= 0.6 is 0 Å². The maximum atomic E-state index is 12.8. The fourth-order valence-corrected chi connectivity index (χ4v) is 5.81. The molecule has 2 aromatic rings. The number of para-hydroxylation sites is 1. The number of unbranched alkanes of at least 4 members (excludes halogenated alkanes) is 15. The van der Waals surface area contributed by atoms with Gasteiger partial charge in [-0.2, -0.15) is 0 Å². The minimum Gasteiger partial charge on any atom is -0.352 e. The molecule has 2 aromatic carbocycles. The molecule has 7 nitrogen and oxygen atoms in total. The molecule has 44 heavy (non-hydrogen) atoms. The number of rotatable bonds is 23. The highest BCUT2D eigenvalue weighted by molar-refractivity contribution is 6.21. The van der Waals surface area contributed by atoms with Gasteiger partial charge in [-0.25, -0.2) is 0 Å². The number of carbonyl (C=O) groups is 4. The molecule has 2 N–H and O–H groups in total. The first kappa shape index (κ1) is 35.0. The summed E-state index contributed by atoms with van der Waals surface area (Å²) in [5.74, 6) is -1.11. The summed E-state index contributed by atoms with van der Waals surface area (Å²) < 4.78 is 0. The lowest BCUT2D eigenvalue weighted by Crippen LogP contribution is -2.31. The van der Waals surface area contributed by atoms with Crippen molar-refractivity contribution >= 4 is 29.3 Å². The van der Waals surface area contributed by atoms with Crippen LogP contribution in [0.5, 0.6) is 0 Å². The summed E-state index contributed by atoms with van der Waals surface area (Å²) in [7, 11) is 0. The predicted molar refractivity (Wildman–Crippen MR) is 178 cm³/mol. The molecule has 0 saturated carbocycles. The second-order valence-electron chi connectivity index (χ2n) is 12.1. The van der Waals surface area contributed by atoms with Crippen LogP contribution in [-0.4, -0.2) is 41.6 Å². The van der Waals surface area contributed by atoms with Crippen molar-refractivity contribution < 1.29 is 19.2 Å². The normalized spacial score (nSPS) is 12.4. The summed E-state index contributed by atoms with van der Waals surface area (Å²) in [4.78, 5) is 51.7. The molecular weight excluding hydrogens is 550 g/mol. The first-order chi connectivity index (χ1) is 21.5.